The average Bonchev–Trinajstić information content (AvgIpc) is 2.66. The third-order valence-corrected chi connectivity index (χ3v) is 4.70. The number of thioether (sulfide) groups is 1. The molecule has 3 aromatic rings. The highest BCUT2D eigenvalue weighted by Gasteiger charge is 2.07. The lowest BCUT2D eigenvalue weighted by atomic mass is 10.2. The number of halogens is 2. The quantitative estimate of drug-likeness (QED) is 0.336. The van der Waals surface area contributed by atoms with Crippen LogP contribution in [-0.2, 0) is 4.79 Å². The Bertz CT molecular complexity index is 1010. The molecule has 0 spiro atoms. The number of anilines is 1. The van der Waals surface area contributed by atoms with Gasteiger partial charge in [0, 0.05) is 17.9 Å². The molecule has 0 bridgehead atoms. The van der Waals surface area contributed by atoms with Gasteiger partial charge in [0.25, 0.3) is 5.56 Å². The molecule has 28 heavy (non-hydrogen) atoms. The first-order chi connectivity index (χ1) is 13.5. The van der Waals surface area contributed by atoms with E-state index in [1.165, 1.54) is 36.0 Å². The summed E-state index contributed by atoms with van der Waals surface area (Å²) >= 11 is 1.37. The van der Waals surface area contributed by atoms with E-state index in [1.54, 1.807) is 18.2 Å². The van der Waals surface area contributed by atoms with Gasteiger partial charge in [-0.15, -0.1) is 0 Å². The van der Waals surface area contributed by atoms with Gasteiger partial charge in [0.1, 0.15) is 5.75 Å². The zero-order valence-electron chi connectivity index (χ0n) is 14.7. The number of aromatic nitrogens is 2. The van der Waals surface area contributed by atoms with Crippen molar-refractivity contribution in [3.8, 4) is 5.75 Å². The Morgan fingerprint density at radius 2 is 1.93 bits per heavy atom. The number of H-pyrrole nitrogens is 1. The van der Waals surface area contributed by atoms with Gasteiger partial charge in [-0.25, -0.2) is 4.98 Å². The number of hydrogen-bond acceptors (Lipinski definition) is 5. The molecule has 1 heterocycles. The Morgan fingerprint density at radius 1 is 1.18 bits per heavy atom. The standard InChI is InChI=1S/C19H17F2N3O3S/c20-18(21)27-13-9-7-12(8-10-13)22-16(25)6-3-11-28-19-23-15-5-2-1-4-14(15)17(26)24-19/h1-2,4-5,7-10,18H,3,6,11H2,(H,22,25)(H,23,24,26). The lowest BCUT2D eigenvalue weighted by Gasteiger charge is -2.07. The molecule has 0 aliphatic heterocycles. The van der Waals surface area contributed by atoms with Gasteiger partial charge in [-0.05, 0) is 42.8 Å². The maximum absolute atomic E-state index is 12.1. The van der Waals surface area contributed by atoms with Crippen LogP contribution in [0.2, 0.25) is 0 Å². The second-order valence-corrected chi connectivity index (χ2v) is 6.87. The van der Waals surface area contributed by atoms with Crippen molar-refractivity contribution in [3.05, 3.63) is 58.9 Å². The predicted molar refractivity (Wildman–Crippen MR) is 104 cm³/mol. The van der Waals surface area contributed by atoms with Crippen molar-refractivity contribution in [1.82, 2.24) is 9.97 Å². The van der Waals surface area contributed by atoms with Crippen LogP contribution in [0.1, 0.15) is 12.8 Å². The van der Waals surface area contributed by atoms with Gasteiger partial charge < -0.3 is 15.0 Å². The van der Waals surface area contributed by atoms with Crippen LogP contribution in [0, 0.1) is 0 Å². The largest absolute Gasteiger partial charge is 0.435 e. The molecule has 2 aromatic carbocycles. The van der Waals surface area contributed by atoms with Gasteiger partial charge in [0.15, 0.2) is 5.16 Å². The normalized spacial score (nSPS) is 11.0. The molecule has 1 amide bonds. The lowest BCUT2D eigenvalue weighted by molar-refractivity contribution is -0.116. The first kappa shape index (κ1) is 19.8. The monoisotopic (exact) mass is 405 g/mol. The van der Waals surface area contributed by atoms with E-state index < -0.39 is 6.61 Å². The van der Waals surface area contributed by atoms with E-state index in [0.717, 1.165) is 0 Å². The predicted octanol–water partition coefficient (Wildman–Crippen LogP) is 4.04. The fourth-order valence-electron chi connectivity index (χ4n) is 2.48. The van der Waals surface area contributed by atoms with E-state index in [-0.39, 0.29) is 23.6 Å². The van der Waals surface area contributed by atoms with E-state index in [2.05, 4.69) is 20.0 Å². The first-order valence-corrected chi connectivity index (χ1v) is 9.46. The molecule has 2 N–H and O–H groups in total. The van der Waals surface area contributed by atoms with Gasteiger partial charge >= 0.3 is 6.61 Å². The molecule has 146 valence electrons. The van der Waals surface area contributed by atoms with E-state index in [9.17, 15) is 18.4 Å². The number of benzene rings is 2. The Kier molecular flexibility index (Phi) is 6.59. The van der Waals surface area contributed by atoms with Crippen molar-refractivity contribution in [2.75, 3.05) is 11.1 Å². The molecule has 9 heteroatoms. The van der Waals surface area contributed by atoms with Crippen LogP contribution in [-0.4, -0.2) is 28.2 Å². The molecule has 0 fully saturated rings. The minimum Gasteiger partial charge on any atom is -0.435 e. The van der Waals surface area contributed by atoms with E-state index >= 15 is 0 Å². The molecule has 0 radical (unpaired) electrons. The molecule has 6 nitrogen and oxygen atoms in total. The third-order valence-electron chi connectivity index (χ3n) is 3.74. The van der Waals surface area contributed by atoms with Crippen LogP contribution < -0.4 is 15.6 Å². The Morgan fingerprint density at radius 3 is 2.68 bits per heavy atom. The number of nitrogens with one attached hydrogen (secondary N) is 2. The highest BCUT2D eigenvalue weighted by molar-refractivity contribution is 7.99. The van der Waals surface area contributed by atoms with Crippen LogP contribution in [0.25, 0.3) is 10.9 Å². The first-order valence-electron chi connectivity index (χ1n) is 8.48. The van der Waals surface area contributed by atoms with Crippen molar-refractivity contribution in [1.29, 1.82) is 0 Å². The van der Waals surface area contributed by atoms with Crippen LogP contribution in [0.4, 0.5) is 14.5 Å². The number of aromatic amines is 1. The lowest BCUT2D eigenvalue weighted by Crippen LogP contribution is -2.12. The minimum atomic E-state index is -2.88. The minimum absolute atomic E-state index is 0.0290. The molecular formula is C19H17F2N3O3S. The number of ether oxygens (including phenoxy) is 1. The van der Waals surface area contributed by atoms with E-state index in [0.29, 0.717) is 33.9 Å². The summed E-state index contributed by atoms with van der Waals surface area (Å²) in [6.07, 6.45) is 0.861. The number of alkyl halides is 2. The van der Waals surface area contributed by atoms with Gasteiger partial charge in [0.05, 0.1) is 10.9 Å². The van der Waals surface area contributed by atoms with Gasteiger partial charge in [0.2, 0.25) is 5.91 Å². The summed E-state index contributed by atoms with van der Waals surface area (Å²) in [5.74, 6) is 0.444. The molecule has 0 saturated heterocycles. The summed E-state index contributed by atoms with van der Waals surface area (Å²) in [6.45, 7) is -2.88. The van der Waals surface area contributed by atoms with Crippen molar-refractivity contribution < 1.29 is 18.3 Å². The number of hydrogen-bond donors (Lipinski definition) is 2. The van der Waals surface area contributed by atoms with Crippen molar-refractivity contribution >= 4 is 34.3 Å². The second kappa shape index (κ2) is 9.32. The Balaban J connectivity index is 1.45. The van der Waals surface area contributed by atoms with Crippen molar-refractivity contribution in [2.45, 2.75) is 24.6 Å². The van der Waals surface area contributed by atoms with E-state index in [1.807, 2.05) is 6.07 Å². The summed E-state index contributed by atoms with van der Waals surface area (Å²) in [7, 11) is 0. The smallest absolute Gasteiger partial charge is 0.387 e. The Labute approximate surface area is 163 Å². The topological polar surface area (TPSA) is 84.1 Å². The maximum atomic E-state index is 12.1. The van der Waals surface area contributed by atoms with E-state index in [4.69, 9.17) is 0 Å². The fraction of sp³-hybridized carbons (Fsp3) is 0.211. The van der Waals surface area contributed by atoms with Crippen molar-refractivity contribution in [3.63, 3.8) is 0 Å². The maximum Gasteiger partial charge on any atom is 0.387 e. The van der Waals surface area contributed by atoms with Crippen LogP contribution >= 0.6 is 11.8 Å². The SMILES string of the molecule is O=C(CCCSc1nc2ccccc2c(=O)[nH]1)Nc1ccc(OC(F)F)cc1. The van der Waals surface area contributed by atoms with Gasteiger partial charge in [-0.1, -0.05) is 23.9 Å². The number of carbonyl (C=O) groups excluding carboxylic acids is 1. The van der Waals surface area contributed by atoms with Crippen LogP contribution in [0.3, 0.4) is 0 Å². The second-order valence-electron chi connectivity index (χ2n) is 5.79. The van der Waals surface area contributed by atoms with Crippen LogP contribution in [0.5, 0.6) is 5.75 Å². The molecule has 0 aliphatic carbocycles. The number of fused-ring (bicyclic) bond motifs is 1. The zero-order valence-corrected chi connectivity index (χ0v) is 15.5. The molecule has 0 aliphatic rings. The highest BCUT2D eigenvalue weighted by atomic mass is 32.2. The van der Waals surface area contributed by atoms with Gasteiger partial charge in [-0.2, -0.15) is 8.78 Å². The number of amides is 1. The Hall–Kier alpha value is -2.94. The summed E-state index contributed by atoms with van der Waals surface area (Å²) in [6, 6.07) is 12.8. The summed E-state index contributed by atoms with van der Waals surface area (Å²) in [5.41, 5.74) is 0.940. The number of rotatable bonds is 8. The zero-order chi connectivity index (χ0) is 19.9. The number of carbonyl (C=O) groups is 1. The van der Waals surface area contributed by atoms with Crippen LogP contribution in [0.15, 0.2) is 58.5 Å². The molecule has 0 atom stereocenters. The molecular weight excluding hydrogens is 388 g/mol. The highest BCUT2D eigenvalue weighted by Crippen LogP contribution is 2.19. The molecule has 0 unspecified atom stereocenters. The molecule has 3 rings (SSSR count). The summed E-state index contributed by atoms with van der Waals surface area (Å²) < 4.78 is 28.5. The molecule has 1 aromatic heterocycles. The summed E-state index contributed by atoms with van der Waals surface area (Å²) in [4.78, 5) is 31.1. The fourth-order valence-corrected chi connectivity index (χ4v) is 3.29. The van der Waals surface area contributed by atoms with Crippen molar-refractivity contribution in [2.24, 2.45) is 0 Å². The average molecular weight is 405 g/mol. The van der Waals surface area contributed by atoms with Gasteiger partial charge in [-0.3, -0.25) is 9.59 Å². The number of para-hydroxylation sites is 1. The third kappa shape index (κ3) is 5.53. The molecule has 0 saturated carbocycles. The summed E-state index contributed by atoms with van der Waals surface area (Å²) in [5, 5.41) is 3.74. The number of nitrogens with zero attached hydrogens (tertiary/aromatic N) is 1.